The fourth-order valence-electron chi connectivity index (χ4n) is 3.01. The zero-order valence-corrected chi connectivity index (χ0v) is 13.0. The van der Waals surface area contributed by atoms with Crippen molar-refractivity contribution in [2.75, 3.05) is 32.1 Å². The van der Waals surface area contributed by atoms with E-state index in [-0.39, 0.29) is 5.91 Å². The van der Waals surface area contributed by atoms with Gasteiger partial charge in [-0.25, -0.2) is 0 Å². The third-order valence-electron chi connectivity index (χ3n) is 4.60. The first-order valence-corrected chi connectivity index (χ1v) is 7.74. The summed E-state index contributed by atoms with van der Waals surface area (Å²) < 4.78 is 0. The van der Waals surface area contributed by atoms with Crippen LogP contribution in [0.4, 0.5) is 5.69 Å². The maximum atomic E-state index is 12.4. The number of para-hydroxylation sites is 1. The van der Waals surface area contributed by atoms with Crippen LogP contribution in [0.2, 0.25) is 0 Å². The summed E-state index contributed by atoms with van der Waals surface area (Å²) >= 11 is 0. The molecular formula is C17H26N2O2. The first kappa shape index (κ1) is 16.0. The van der Waals surface area contributed by atoms with Gasteiger partial charge in [0.15, 0.2) is 0 Å². The highest BCUT2D eigenvalue weighted by Crippen LogP contribution is 2.26. The number of carbonyl (C=O) groups excluding carboxylic acids is 1. The highest BCUT2D eigenvalue weighted by Gasteiger charge is 2.25. The molecule has 1 aliphatic carbocycles. The number of hydrogen-bond donors (Lipinski definition) is 1. The van der Waals surface area contributed by atoms with E-state index in [1.165, 1.54) is 0 Å². The Morgan fingerprint density at radius 1 is 1.14 bits per heavy atom. The molecule has 4 nitrogen and oxygen atoms in total. The third-order valence-corrected chi connectivity index (χ3v) is 4.60. The molecule has 116 valence electrons. The molecule has 1 fully saturated rings. The van der Waals surface area contributed by atoms with E-state index in [0.29, 0.717) is 25.1 Å². The van der Waals surface area contributed by atoms with Crippen molar-refractivity contribution < 1.29 is 9.90 Å². The molecule has 4 heteroatoms. The molecule has 1 aliphatic rings. The predicted octanol–water partition coefficient (Wildman–Crippen LogP) is 2.13. The largest absolute Gasteiger partial charge is 0.396 e. The molecule has 1 N–H and O–H groups in total. The number of benzene rings is 1. The van der Waals surface area contributed by atoms with Crippen LogP contribution < -0.4 is 4.90 Å². The molecule has 1 aromatic carbocycles. The fraction of sp³-hybridized carbons (Fsp3) is 0.588. The van der Waals surface area contributed by atoms with Gasteiger partial charge < -0.3 is 10.0 Å². The normalized spacial score (nSPS) is 22.3. The summed E-state index contributed by atoms with van der Waals surface area (Å²) in [5.74, 6) is 0.574. The Labute approximate surface area is 127 Å². The highest BCUT2D eigenvalue weighted by molar-refractivity contribution is 5.94. The van der Waals surface area contributed by atoms with Crippen molar-refractivity contribution in [2.45, 2.75) is 31.7 Å². The van der Waals surface area contributed by atoms with Gasteiger partial charge in [0.1, 0.15) is 0 Å². The zero-order chi connectivity index (χ0) is 15.2. The van der Waals surface area contributed by atoms with Crippen LogP contribution in [0.25, 0.3) is 0 Å². The van der Waals surface area contributed by atoms with Crippen LogP contribution in [0, 0.1) is 5.92 Å². The lowest BCUT2D eigenvalue weighted by Crippen LogP contribution is -2.43. The molecular weight excluding hydrogens is 264 g/mol. The van der Waals surface area contributed by atoms with Gasteiger partial charge in [-0.15, -0.1) is 0 Å². The van der Waals surface area contributed by atoms with Crippen LogP contribution >= 0.6 is 0 Å². The van der Waals surface area contributed by atoms with Gasteiger partial charge >= 0.3 is 0 Å². The summed E-state index contributed by atoms with van der Waals surface area (Å²) in [7, 11) is 3.86. The molecule has 1 amide bonds. The average Bonchev–Trinajstić information content (AvgIpc) is 2.55. The molecule has 21 heavy (non-hydrogen) atoms. The number of nitrogens with zero attached hydrogens (tertiary/aromatic N) is 2. The van der Waals surface area contributed by atoms with Crippen molar-refractivity contribution in [3.8, 4) is 0 Å². The van der Waals surface area contributed by atoms with E-state index in [0.717, 1.165) is 31.4 Å². The molecule has 0 saturated heterocycles. The number of likely N-dealkylation sites (N-methyl/N-ethyl adjacent to an activating group) is 2. The molecule has 0 unspecified atom stereocenters. The smallest absolute Gasteiger partial charge is 0.240 e. The topological polar surface area (TPSA) is 43.8 Å². The molecule has 1 aromatic rings. The van der Waals surface area contributed by atoms with Crippen LogP contribution in [0.3, 0.4) is 0 Å². The van der Waals surface area contributed by atoms with Crippen LogP contribution in [-0.2, 0) is 4.79 Å². The molecule has 0 heterocycles. The quantitative estimate of drug-likeness (QED) is 0.903. The molecule has 2 rings (SSSR count). The summed E-state index contributed by atoms with van der Waals surface area (Å²) in [6.07, 6.45) is 4.27. The minimum absolute atomic E-state index is 0.119. The first-order valence-electron chi connectivity index (χ1n) is 7.74. The SMILES string of the molecule is CN(C(=O)CN(C)C1CCC(CO)CC1)c1ccccc1. The highest BCUT2D eigenvalue weighted by atomic mass is 16.3. The van der Waals surface area contributed by atoms with E-state index in [2.05, 4.69) is 4.90 Å². The van der Waals surface area contributed by atoms with Crippen molar-refractivity contribution in [2.24, 2.45) is 5.92 Å². The second-order valence-electron chi connectivity index (χ2n) is 6.06. The first-order chi connectivity index (χ1) is 10.1. The van der Waals surface area contributed by atoms with Gasteiger partial charge in [0.2, 0.25) is 5.91 Å². The van der Waals surface area contributed by atoms with Gasteiger partial charge in [-0.2, -0.15) is 0 Å². The van der Waals surface area contributed by atoms with Crippen LogP contribution in [-0.4, -0.2) is 49.2 Å². The Morgan fingerprint density at radius 2 is 1.76 bits per heavy atom. The maximum Gasteiger partial charge on any atom is 0.240 e. The summed E-state index contributed by atoms with van der Waals surface area (Å²) in [6, 6.07) is 10.2. The summed E-state index contributed by atoms with van der Waals surface area (Å²) in [4.78, 5) is 16.2. The van der Waals surface area contributed by atoms with E-state index in [1.54, 1.807) is 4.90 Å². The van der Waals surface area contributed by atoms with Crippen LogP contribution in [0.5, 0.6) is 0 Å². The zero-order valence-electron chi connectivity index (χ0n) is 13.0. The van der Waals surface area contributed by atoms with Crippen molar-refractivity contribution in [3.63, 3.8) is 0 Å². The number of carbonyl (C=O) groups is 1. The summed E-state index contributed by atoms with van der Waals surface area (Å²) in [5.41, 5.74) is 0.930. The Morgan fingerprint density at radius 3 is 2.33 bits per heavy atom. The fourth-order valence-corrected chi connectivity index (χ4v) is 3.01. The van der Waals surface area contributed by atoms with Gasteiger partial charge in [-0.3, -0.25) is 9.69 Å². The Kier molecular flexibility index (Phi) is 5.76. The maximum absolute atomic E-state index is 12.4. The van der Waals surface area contributed by atoms with E-state index in [9.17, 15) is 9.90 Å². The molecule has 0 bridgehead atoms. The Balaban J connectivity index is 1.85. The van der Waals surface area contributed by atoms with Gasteiger partial charge in [0, 0.05) is 25.4 Å². The average molecular weight is 290 g/mol. The lowest BCUT2D eigenvalue weighted by Gasteiger charge is -2.34. The third kappa shape index (κ3) is 4.29. The van der Waals surface area contributed by atoms with Crippen molar-refractivity contribution >= 4 is 11.6 Å². The molecule has 0 aromatic heterocycles. The van der Waals surface area contributed by atoms with Gasteiger partial charge in [-0.1, -0.05) is 18.2 Å². The number of amides is 1. The molecule has 0 radical (unpaired) electrons. The van der Waals surface area contributed by atoms with Crippen molar-refractivity contribution in [1.29, 1.82) is 0 Å². The van der Waals surface area contributed by atoms with E-state index < -0.39 is 0 Å². The number of hydrogen-bond acceptors (Lipinski definition) is 3. The van der Waals surface area contributed by atoms with Crippen molar-refractivity contribution in [1.82, 2.24) is 4.90 Å². The van der Waals surface area contributed by atoms with Crippen LogP contribution in [0.1, 0.15) is 25.7 Å². The van der Waals surface area contributed by atoms with Gasteiger partial charge in [0.05, 0.1) is 6.54 Å². The van der Waals surface area contributed by atoms with Crippen LogP contribution in [0.15, 0.2) is 30.3 Å². The second kappa shape index (κ2) is 7.57. The Bertz CT molecular complexity index is 441. The minimum Gasteiger partial charge on any atom is -0.396 e. The lowest BCUT2D eigenvalue weighted by molar-refractivity contribution is -0.119. The van der Waals surface area contributed by atoms with E-state index in [4.69, 9.17) is 0 Å². The number of rotatable bonds is 5. The van der Waals surface area contributed by atoms with E-state index >= 15 is 0 Å². The monoisotopic (exact) mass is 290 g/mol. The number of anilines is 1. The predicted molar refractivity (Wildman–Crippen MR) is 85.3 cm³/mol. The standard InChI is InChI=1S/C17H26N2O2/c1-18(15-10-8-14(13-20)9-11-15)12-17(21)19(2)16-6-4-3-5-7-16/h3-7,14-15,20H,8-13H2,1-2H3. The molecule has 0 aliphatic heterocycles. The lowest BCUT2D eigenvalue weighted by atomic mass is 9.86. The van der Waals surface area contributed by atoms with Gasteiger partial charge in [-0.05, 0) is 50.8 Å². The Hall–Kier alpha value is -1.39. The van der Waals surface area contributed by atoms with E-state index in [1.807, 2.05) is 44.4 Å². The number of aliphatic hydroxyl groups excluding tert-OH is 1. The van der Waals surface area contributed by atoms with Gasteiger partial charge in [0.25, 0.3) is 0 Å². The molecule has 0 atom stereocenters. The second-order valence-corrected chi connectivity index (χ2v) is 6.06. The van der Waals surface area contributed by atoms with Crippen molar-refractivity contribution in [3.05, 3.63) is 30.3 Å². The molecule has 0 spiro atoms. The number of aliphatic hydroxyl groups is 1. The molecule has 1 saturated carbocycles. The minimum atomic E-state index is 0.119. The summed E-state index contributed by atoms with van der Waals surface area (Å²) in [5, 5.41) is 9.19. The summed E-state index contributed by atoms with van der Waals surface area (Å²) in [6.45, 7) is 0.742.